The van der Waals surface area contributed by atoms with Crippen molar-refractivity contribution in [2.75, 3.05) is 0 Å². The molecule has 1 aliphatic heterocycles. The summed E-state index contributed by atoms with van der Waals surface area (Å²) in [4.78, 5) is 0. The standard InChI is InChI=1S/C11H18N2/c1-9-11-7-5-3-2-4-6-10(11)8-12-13-9/h8,10,13H,2-7H2,1H3. The molecule has 72 valence electrons. The fourth-order valence-electron chi connectivity index (χ4n) is 2.32. The van der Waals surface area contributed by atoms with E-state index in [0.717, 1.165) is 0 Å². The van der Waals surface area contributed by atoms with Gasteiger partial charge >= 0.3 is 0 Å². The molecule has 0 radical (unpaired) electrons. The first-order valence-electron chi connectivity index (χ1n) is 5.37. The third kappa shape index (κ3) is 1.93. The molecule has 0 spiro atoms. The van der Waals surface area contributed by atoms with Crippen molar-refractivity contribution in [1.29, 1.82) is 0 Å². The van der Waals surface area contributed by atoms with Crippen molar-refractivity contribution in [3.05, 3.63) is 11.3 Å². The van der Waals surface area contributed by atoms with Gasteiger partial charge in [0.25, 0.3) is 0 Å². The Morgan fingerprint density at radius 3 is 3.08 bits per heavy atom. The maximum absolute atomic E-state index is 4.18. The zero-order chi connectivity index (χ0) is 9.10. The van der Waals surface area contributed by atoms with Crippen LogP contribution < -0.4 is 5.43 Å². The monoisotopic (exact) mass is 178 g/mol. The van der Waals surface area contributed by atoms with Crippen molar-refractivity contribution in [2.45, 2.75) is 45.4 Å². The van der Waals surface area contributed by atoms with Crippen LogP contribution in [-0.4, -0.2) is 6.21 Å². The van der Waals surface area contributed by atoms with Crippen LogP contribution in [0.1, 0.15) is 45.4 Å². The molecule has 1 atom stereocenters. The molecule has 0 amide bonds. The number of hydrazone groups is 1. The number of nitrogens with zero attached hydrogens (tertiary/aromatic N) is 1. The third-order valence-electron chi connectivity index (χ3n) is 3.13. The molecule has 2 heteroatoms. The molecule has 0 aromatic heterocycles. The highest BCUT2D eigenvalue weighted by Gasteiger charge is 2.19. The van der Waals surface area contributed by atoms with Gasteiger partial charge in [-0.3, -0.25) is 5.43 Å². The zero-order valence-electron chi connectivity index (χ0n) is 8.34. The predicted molar refractivity (Wildman–Crippen MR) is 55.5 cm³/mol. The molecule has 2 nitrogen and oxygen atoms in total. The van der Waals surface area contributed by atoms with Crippen LogP contribution >= 0.6 is 0 Å². The van der Waals surface area contributed by atoms with Gasteiger partial charge < -0.3 is 0 Å². The maximum atomic E-state index is 4.18. The van der Waals surface area contributed by atoms with Gasteiger partial charge in [-0.2, -0.15) is 5.10 Å². The minimum absolute atomic E-state index is 0.640. The molecule has 1 fully saturated rings. The molecule has 1 unspecified atom stereocenters. The van der Waals surface area contributed by atoms with E-state index >= 15 is 0 Å². The lowest BCUT2D eigenvalue weighted by molar-refractivity contribution is 0.516. The van der Waals surface area contributed by atoms with Gasteiger partial charge in [-0.05, 0) is 31.8 Å². The first-order chi connectivity index (χ1) is 6.38. The van der Waals surface area contributed by atoms with Gasteiger partial charge in [0.05, 0.1) is 0 Å². The van der Waals surface area contributed by atoms with E-state index in [1.54, 1.807) is 5.57 Å². The van der Waals surface area contributed by atoms with E-state index < -0.39 is 0 Å². The van der Waals surface area contributed by atoms with E-state index in [1.807, 2.05) is 0 Å². The van der Waals surface area contributed by atoms with Gasteiger partial charge in [-0.1, -0.05) is 19.3 Å². The van der Waals surface area contributed by atoms with Crippen molar-refractivity contribution in [3.63, 3.8) is 0 Å². The van der Waals surface area contributed by atoms with Crippen LogP contribution in [0.2, 0.25) is 0 Å². The SMILES string of the molecule is CC1=C2CCCCCCC2C=NN1. The van der Waals surface area contributed by atoms with Gasteiger partial charge in [0.15, 0.2) is 0 Å². The molecule has 1 N–H and O–H groups in total. The summed E-state index contributed by atoms with van der Waals surface area (Å²) in [6.45, 7) is 2.15. The minimum atomic E-state index is 0.640. The summed E-state index contributed by atoms with van der Waals surface area (Å²) >= 11 is 0. The topological polar surface area (TPSA) is 24.4 Å². The summed E-state index contributed by atoms with van der Waals surface area (Å²) in [6, 6.07) is 0. The van der Waals surface area contributed by atoms with Gasteiger partial charge in [0, 0.05) is 17.8 Å². The quantitative estimate of drug-likeness (QED) is 0.606. The van der Waals surface area contributed by atoms with E-state index in [9.17, 15) is 0 Å². The predicted octanol–water partition coefficient (Wildman–Crippen LogP) is 2.82. The van der Waals surface area contributed by atoms with Crippen molar-refractivity contribution in [1.82, 2.24) is 5.43 Å². The number of fused-ring (bicyclic) bond motifs is 1. The molecule has 0 bridgehead atoms. The van der Waals surface area contributed by atoms with Gasteiger partial charge in [-0.25, -0.2) is 0 Å². The van der Waals surface area contributed by atoms with E-state index in [-0.39, 0.29) is 0 Å². The molecule has 13 heavy (non-hydrogen) atoms. The van der Waals surface area contributed by atoms with Crippen LogP contribution in [0, 0.1) is 5.92 Å². The molecular weight excluding hydrogens is 160 g/mol. The second-order valence-corrected chi connectivity index (χ2v) is 4.10. The minimum Gasteiger partial charge on any atom is -0.283 e. The van der Waals surface area contributed by atoms with Gasteiger partial charge in [-0.15, -0.1) is 0 Å². The summed E-state index contributed by atoms with van der Waals surface area (Å²) in [7, 11) is 0. The largest absolute Gasteiger partial charge is 0.283 e. The van der Waals surface area contributed by atoms with Crippen LogP contribution in [0.3, 0.4) is 0 Å². The lowest BCUT2D eigenvalue weighted by atomic mass is 9.86. The van der Waals surface area contributed by atoms with E-state index in [4.69, 9.17) is 0 Å². The van der Waals surface area contributed by atoms with Gasteiger partial charge in [0.1, 0.15) is 0 Å². The van der Waals surface area contributed by atoms with E-state index in [1.165, 1.54) is 44.2 Å². The molecule has 0 aromatic carbocycles. The molecule has 1 saturated carbocycles. The first-order valence-corrected chi connectivity index (χ1v) is 5.37. The molecule has 1 aliphatic carbocycles. The van der Waals surface area contributed by atoms with Crippen LogP contribution in [0.15, 0.2) is 16.4 Å². The molecule has 0 saturated heterocycles. The lowest BCUT2D eigenvalue weighted by Crippen LogP contribution is -2.21. The highest BCUT2D eigenvalue weighted by molar-refractivity contribution is 5.66. The average Bonchev–Trinajstić information content (AvgIpc) is 2.07. The number of allylic oxidation sites excluding steroid dienone is 2. The second-order valence-electron chi connectivity index (χ2n) is 4.10. The average molecular weight is 178 g/mol. The molecular formula is C11H18N2. The highest BCUT2D eigenvalue weighted by atomic mass is 15.3. The Balaban J connectivity index is 2.13. The number of hydrogen-bond acceptors (Lipinski definition) is 2. The Morgan fingerprint density at radius 2 is 2.15 bits per heavy atom. The van der Waals surface area contributed by atoms with Crippen molar-refractivity contribution in [2.24, 2.45) is 11.0 Å². The summed E-state index contributed by atoms with van der Waals surface area (Å²) in [5.41, 5.74) is 5.98. The van der Waals surface area contributed by atoms with Crippen molar-refractivity contribution in [3.8, 4) is 0 Å². The summed E-state index contributed by atoms with van der Waals surface area (Å²) in [5.74, 6) is 0.640. The second kappa shape index (κ2) is 3.95. The van der Waals surface area contributed by atoms with Gasteiger partial charge in [0.2, 0.25) is 0 Å². The lowest BCUT2D eigenvalue weighted by Gasteiger charge is -2.25. The highest BCUT2D eigenvalue weighted by Crippen LogP contribution is 2.29. The fourth-order valence-corrected chi connectivity index (χ4v) is 2.32. The Labute approximate surface area is 80.1 Å². The van der Waals surface area contributed by atoms with Crippen LogP contribution in [-0.2, 0) is 0 Å². The number of hydrogen-bond donors (Lipinski definition) is 1. The summed E-state index contributed by atoms with van der Waals surface area (Å²) < 4.78 is 0. The van der Waals surface area contributed by atoms with Crippen molar-refractivity contribution < 1.29 is 0 Å². The number of nitrogens with one attached hydrogen (secondary N) is 1. The maximum Gasteiger partial charge on any atom is 0.0319 e. The first kappa shape index (κ1) is 8.79. The third-order valence-corrected chi connectivity index (χ3v) is 3.13. The summed E-state index contributed by atoms with van der Waals surface area (Å²) in [5, 5.41) is 4.18. The fraction of sp³-hybridized carbons (Fsp3) is 0.727. The van der Waals surface area contributed by atoms with E-state index in [2.05, 4.69) is 23.7 Å². The summed E-state index contributed by atoms with van der Waals surface area (Å²) in [6.07, 6.45) is 10.2. The van der Waals surface area contributed by atoms with Crippen molar-refractivity contribution >= 4 is 6.21 Å². The van der Waals surface area contributed by atoms with Crippen LogP contribution in [0.5, 0.6) is 0 Å². The van der Waals surface area contributed by atoms with Crippen LogP contribution in [0.4, 0.5) is 0 Å². The molecule has 2 rings (SSSR count). The Kier molecular flexibility index (Phi) is 2.67. The molecule has 2 aliphatic rings. The smallest absolute Gasteiger partial charge is 0.0319 e. The Hall–Kier alpha value is -0.790. The molecule has 1 heterocycles. The Bertz CT molecular complexity index is 240. The number of rotatable bonds is 0. The normalized spacial score (nSPS) is 28.8. The molecule has 0 aromatic rings. The van der Waals surface area contributed by atoms with E-state index in [0.29, 0.717) is 5.92 Å². The Morgan fingerprint density at radius 1 is 1.31 bits per heavy atom. The zero-order valence-corrected chi connectivity index (χ0v) is 8.34. The van der Waals surface area contributed by atoms with Crippen LogP contribution in [0.25, 0.3) is 0 Å².